The summed E-state index contributed by atoms with van der Waals surface area (Å²) in [6.07, 6.45) is 2.32. The van der Waals surface area contributed by atoms with Crippen molar-refractivity contribution < 1.29 is 18.0 Å². The predicted octanol–water partition coefficient (Wildman–Crippen LogP) is 3.03. The van der Waals surface area contributed by atoms with E-state index in [4.69, 9.17) is 0 Å². The first-order valence-electron chi connectivity index (χ1n) is 11.0. The van der Waals surface area contributed by atoms with Crippen molar-refractivity contribution in [3.05, 3.63) is 52.2 Å². The summed E-state index contributed by atoms with van der Waals surface area (Å²) in [6.45, 7) is 3.88. The van der Waals surface area contributed by atoms with Gasteiger partial charge in [-0.2, -0.15) is 4.31 Å². The number of piperazine rings is 1. The van der Waals surface area contributed by atoms with E-state index in [-0.39, 0.29) is 48.7 Å². The molecule has 0 bridgehead atoms. The van der Waals surface area contributed by atoms with Gasteiger partial charge in [0, 0.05) is 50.4 Å². The van der Waals surface area contributed by atoms with Crippen molar-refractivity contribution in [3.63, 3.8) is 0 Å². The number of aryl methyl sites for hydroxylation is 1. The fourth-order valence-electron chi connectivity index (χ4n) is 4.39. The predicted molar refractivity (Wildman–Crippen MR) is 124 cm³/mol. The van der Waals surface area contributed by atoms with Crippen LogP contribution < -0.4 is 0 Å². The molecule has 9 heteroatoms. The van der Waals surface area contributed by atoms with Gasteiger partial charge in [-0.3, -0.25) is 9.59 Å². The molecule has 172 valence electrons. The summed E-state index contributed by atoms with van der Waals surface area (Å²) < 4.78 is 27.1. The Kier molecular flexibility index (Phi) is 6.97. The normalized spacial score (nSPS) is 20.0. The Labute approximate surface area is 193 Å². The van der Waals surface area contributed by atoms with Crippen molar-refractivity contribution in [2.24, 2.45) is 0 Å². The number of benzene rings is 1. The highest BCUT2D eigenvalue weighted by atomic mass is 32.2. The van der Waals surface area contributed by atoms with Crippen LogP contribution in [0.4, 0.5) is 0 Å². The molecule has 2 aliphatic rings. The summed E-state index contributed by atoms with van der Waals surface area (Å²) >= 11 is 1.67. The van der Waals surface area contributed by atoms with Gasteiger partial charge in [-0.05, 0) is 43.3 Å². The van der Waals surface area contributed by atoms with E-state index in [9.17, 15) is 18.0 Å². The van der Waals surface area contributed by atoms with E-state index in [1.165, 1.54) is 9.18 Å². The zero-order valence-corrected chi connectivity index (χ0v) is 19.9. The van der Waals surface area contributed by atoms with Crippen molar-refractivity contribution in [2.45, 2.75) is 43.5 Å². The fourth-order valence-corrected chi connectivity index (χ4v) is 6.69. The van der Waals surface area contributed by atoms with Gasteiger partial charge in [0.05, 0.1) is 10.9 Å². The molecule has 7 nitrogen and oxygen atoms in total. The molecular weight excluding hydrogens is 446 g/mol. The summed E-state index contributed by atoms with van der Waals surface area (Å²) in [6, 6.07) is 11.0. The standard InChI is InChI=1S/C23H29N3O4S2/c1-18-6-8-19(9-7-18)32(29,30)25-15-13-24(14-16-25)22(27)10-11-23(28)26-12-2-4-20(26)21-5-3-17-31-21/h3,5-9,17,20H,2,4,10-16H2,1H3. The van der Waals surface area contributed by atoms with E-state index in [0.717, 1.165) is 24.9 Å². The Morgan fingerprint density at radius 1 is 0.969 bits per heavy atom. The molecule has 2 fully saturated rings. The van der Waals surface area contributed by atoms with Crippen LogP contribution in [0.1, 0.15) is 42.2 Å². The number of amides is 2. The van der Waals surface area contributed by atoms with Gasteiger partial charge in [0.1, 0.15) is 0 Å². The van der Waals surface area contributed by atoms with Crippen molar-refractivity contribution in [3.8, 4) is 0 Å². The number of carbonyl (C=O) groups is 2. The molecule has 1 aromatic carbocycles. The Morgan fingerprint density at radius 3 is 2.31 bits per heavy atom. The van der Waals surface area contributed by atoms with Crippen molar-refractivity contribution in [1.82, 2.24) is 14.1 Å². The van der Waals surface area contributed by atoms with Crippen LogP contribution in [-0.2, 0) is 19.6 Å². The topological polar surface area (TPSA) is 78.0 Å². The first-order valence-corrected chi connectivity index (χ1v) is 13.4. The van der Waals surface area contributed by atoms with Crippen LogP contribution >= 0.6 is 11.3 Å². The number of hydrogen-bond donors (Lipinski definition) is 0. The number of rotatable bonds is 6. The Morgan fingerprint density at radius 2 is 1.66 bits per heavy atom. The smallest absolute Gasteiger partial charge is 0.243 e. The van der Waals surface area contributed by atoms with E-state index in [1.807, 2.05) is 23.3 Å². The summed E-state index contributed by atoms with van der Waals surface area (Å²) in [4.78, 5) is 30.5. The molecule has 1 aromatic heterocycles. The molecule has 1 unspecified atom stereocenters. The maximum atomic E-state index is 12.8. The lowest BCUT2D eigenvalue weighted by atomic mass is 10.1. The van der Waals surface area contributed by atoms with Gasteiger partial charge in [0.25, 0.3) is 0 Å². The molecule has 0 N–H and O–H groups in total. The van der Waals surface area contributed by atoms with E-state index in [2.05, 4.69) is 6.07 Å². The minimum atomic E-state index is -3.56. The lowest BCUT2D eigenvalue weighted by Crippen LogP contribution is -2.50. The molecular formula is C23H29N3O4S2. The maximum Gasteiger partial charge on any atom is 0.243 e. The van der Waals surface area contributed by atoms with Crippen molar-refractivity contribution in [2.75, 3.05) is 32.7 Å². The number of carbonyl (C=O) groups excluding carboxylic acids is 2. The van der Waals surface area contributed by atoms with Crippen LogP contribution in [0, 0.1) is 6.92 Å². The largest absolute Gasteiger partial charge is 0.340 e. The SMILES string of the molecule is Cc1ccc(S(=O)(=O)N2CCN(C(=O)CCC(=O)N3CCCC3c3cccs3)CC2)cc1. The Bertz CT molecular complexity index is 1040. The molecule has 3 heterocycles. The Hall–Kier alpha value is -2.23. The minimum Gasteiger partial charge on any atom is -0.340 e. The second-order valence-electron chi connectivity index (χ2n) is 8.36. The van der Waals surface area contributed by atoms with Crippen LogP contribution in [0.15, 0.2) is 46.7 Å². The van der Waals surface area contributed by atoms with Gasteiger partial charge >= 0.3 is 0 Å². The quantitative estimate of drug-likeness (QED) is 0.643. The molecule has 1 atom stereocenters. The number of hydrogen-bond acceptors (Lipinski definition) is 5. The summed E-state index contributed by atoms with van der Waals surface area (Å²) in [5.41, 5.74) is 1.00. The van der Waals surface area contributed by atoms with Crippen LogP contribution in [0.2, 0.25) is 0 Å². The number of sulfonamides is 1. The molecule has 2 amide bonds. The van der Waals surface area contributed by atoms with Crippen molar-refractivity contribution >= 4 is 33.2 Å². The molecule has 32 heavy (non-hydrogen) atoms. The molecule has 0 aliphatic carbocycles. The number of likely N-dealkylation sites (tertiary alicyclic amines) is 1. The summed E-state index contributed by atoms with van der Waals surface area (Å²) in [5, 5.41) is 2.03. The summed E-state index contributed by atoms with van der Waals surface area (Å²) in [7, 11) is -3.56. The van der Waals surface area contributed by atoms with Gasteiger partial charge < -0.3 is 9.80 Å². The molecule has 2 saturated heterocycles. The maximum absolute atomic E-state index is 12.8. The highest BCUT2D eigenvalue weighted by molar-refractivity contribution is 7.89. The molecule has 2 aliphatic heterocycles. The van der Waals surface area contributed by atoms with E-state index >= 15 is 0 Å². The van der Waals surface area contributed by atoms with Crippen LogP contribution in [0.3, 0.4) is 0 Å². The zero-order valence-electron chi connectivity index (χ0n) is 18.3. The van der Waals surface area contributed by atoms with E-state index in [0.29, 0.717) is 13.1 Å². The first kappa shape index (κ1) is 22.9. The third kappa shape index (κ3) is 4.89. The minimum absolute atomic E-state index is 0.0230. The van der Waals surface area contributed by atoms with Crippen LogP contribution in [0.25, 0.3) is 0 Å². The molecule has 4 rings (SSSR count). The van der Waals surface area contributed by atoms with Gasteiger partial charge in [-0.25, -0.2) is 8.42 Å². The second kappa shape index (κ2) is 9.72. The van der Waals surface area contributed by atoms with Gasteiger partial charge in [0.2, 0.25) is 21.8 Å². The lowest BCUT2D eigenvalue weighted by molar-refractivity contribution is -0.138. The third-order valence-electron chi connectivity index (χ3n) is 6.25. The molecule has 0 radical (unpaired) electrons. The van der Waals surface area contributed by atoms with E-state index < -0.39 is 10.0 Å². The number of nitrogens with zero attached hydrogens (tertiary/aromatic N) is 3. The lowest BCUT2D eigenvalue weighted by Gasteiger charge is -2.34. The summed E-state index contributed by atoms with van der Waals surface area (Å²) in [5.74, 6) is -0.0626. The van der Waals surface area contributed by atoms with Gasteiger partial charge in [0.15, 0.2) is 0 Å². The third-order valence-corrected chi connectivity index (χ3v) is 9.13. The van der Waals surface area contributed by atoms with Crippen molar-refractivity contribution in [1.29, 1.82) is 0 Å². The average molecular weight is 476 g/mol. The van der Waals surface area contributed by atoms with Gasteiger partial charge in [-0.15, -0.1) is 11.3 Å². The molecule has 0 spiro atoms. The second-order valence-corrected chi connectivity index (χ2v) is 11.3. The first-order chi connectivity index (χ1) is 15.4. The average Bonchev–Trinajstić information content (AvgIpc) is 3.49. The number of thiophene rings is 1. The molecule has 0 saturated carbocycles. The van der Waals surface area contributed by atoms with Gasteiger partial charge in [-0.1, -0.05) is 23.8 Å². The zero-order chi connectivity index (χ0) is 22.7. The van der Waals surface area contributed by atoms with Crippen LogP contribution in [0.5, 0.6) is 0 Å². The highest BCUT2D eigenvalue weighted by Crippen LogP contribution is 2.35. The van der Waals surface area contributed by atoms with E-state index in [1.54, 1.807) is 40.5 Å². The monoisotopic (exact) mass is 475 g/mol. The van der Waals surface area contributed by atoms with Crippen LogP contribution in [-0.4, -0.2) is 67.1 Å². The Balaban J connectivity index is 1.27. The highest BCUT2D eigenvalue weighted by Gasteiger charge is 2.32. The molecule has 2 aromatic rings. The fraction of sp³-hybridized carbons (Fsp3) is 0.478.